The van der Waals surface area contributed by atoms with Crippen LogP contribution in [0.1, 0.15) is 16.7 Å². The third-order valence-corrected chi connectivity index (χ3v) is 3.09. The van der Waals surface area contributed by atoms with Crippen molar-refractivity contribution in [3.05, 3.63) is 52.2 Å². The lowest BCUT2D eigenvalue weighted by Gasteiger charge is -2.11. The van der Waals surface area contributed by atoms with Crippen molar-refractivity contribution in [1.29, 1.82) is 0 Å². The molecular weight excluding hydrogens is 289 g/mol. The normalized spacial score (nSPS) is 11.5. The van der Waals surface area contributed by atoms with Crippen LogP contribution in [-0.4, -0.2) is 4.98 Å². The highest BCUT2D eigenvalue weighted by atomic mass is 35.5. The maximum atomic E-state index is 12.7. The molecule has 0 atom stereocenters. The maximum absolute atomic E-state index is 12.7. The van der Waals surface area contributed by atoms with Gasteiger partial charge in [0.25, 0.3) is 0 Å². The van der Waals surface area contributed by atoms with Crippen molar-refractivity contribution in [3.8, 4) is 0 Å². The van der Waals surface area contributed by atoms with Gasteiger partial charge in [0.05, 0.1) is 5.56 Å². The van der Waals surface area contributed by atoms with E-state index in [0.717, 1.165) is 23.3 Å². The molecule has 0 bridgehead atoms. The lowest BCUT2D eigenvalue weighted by molar-refractivity contribution is -0.137. The zero-order valence-corrected chi connectivity index (χ0v) is 11.6. The Labute approximate surface area is 119 Å². The van der Waals surface area contributed by atoms with Crippen LogP contribution < -0.4 is 5.32 Å². The number of benzene rings is 1. The average Bonchev–Trinajstić information content (AvgIpc) is 2.32. The molecule has 106 valence electrons. The first-order chi connectivity index (χ1) is 9.25. The van der Waals surface area contributed by atoms with Gasteiger partial charge in [0, 0.05) is 5.69 Å². The molecule has 0 fully saturated rings. The summed E-state index contributed by atoms with van der Waals surface area (Å²) in [5.41, 5.74) is 1.97. The Morgan fingerprint density at radius 3 is 2.35 bits per heavy atom. The summed E-state index contributed by atoms with van der Waals surface area (Å²) < 4.78 is 38.1. The Balaban J connectivity index is 2.33. The predicted molar refractivity (Wildman–Crippen MR) is 73.4 cm³/mol. The molecule has 0 saturated heterocycles. The molecule has 20 heavy (non-hydrogen) atoms. The summed E-state index contributed by atoms with van der Waals surface area (Å²) in [6.45, 7) is 3.88. The molecule has 2 rings (SSSR count). The third-order valence-electron chi connectivity index (χ3n) is 2.90. The number of aromatic nitrogens is 1. The van der Waals surface area contributed by atoms with Gasteiger partial charge in [0.1, 0.15) is 11.0 Å². The van der Waals surface area contributed by atoms with Crippen molar-refractivity contribution in [2.75, 3.05) is 5.32 Å². The Bertz CT molecular complexity index is 639. The Morgan fingerprint density at radius 1 is 1.05 bits per heavy atom. The molecule has 0 saturated carbocycles. The van der Waals surface area contributed by atoms with Gasteiger partial charge in [0.15, 0.2) is 0 Å². The third kappa shape index (κ3) is 3.42. The molecule has 0 spiro atoms. The maximum Gasteiger partial charge on any atom is 0.416 e. The number of hydrogen-bond donors (Lipinski definition) is 1. The van der Waals surface area contributed by atoms with Crippen molar-refractivity contribution in [3.63, 3.8) is 0 Å². The molecule has 1 aromatic heterocycles. The first-order valence-electron chi connectivity index (χ1n) is 5.85. The van der Waals surface area contributed by atoms with Crippen LogP contribution in [-0.2, 0) is 6.18 Å². The zero-order chi connectivity index (χ0) is 14.9. The van der Waals surface area contributed by atoms with E-state index < -0.39 is 11.7 Å². The Morgan fingerprint density at radius 2 is 1.75 bits per heavy atom. The van der Waals surface area contributed by atoms with Crippen LogP contribution >= 0.6 is 11.6 Å². The first kappa shape index (κ1) is 14.7. The molecule has 1 N–H and O–H groups in total. The van der Waals surface area contributed by atoms with Gasteiger partial charge in [-0.3, -0.25) is 0 Å². The summed E-state index contributed by atoms with van der Waals surface area (Å²) in [5, 5.41) is 2.63. The summed E-state index contributed by atoms with van der Waals surface area (Å²) in [5.74, 6) is 0.0630. The molecule has 2 aromatic rings. The quantitative estimate of drug-likeness (QED) is 0.779. The minimum Gasteiger partial charge on any atom is -0.340 e. The van der Waals surface area contributed by atoms with Crippen LogP contribution in [0.2, 0.25) is 5.15 Å². The molecule has 2 nitrogen and oxygen atoms in total. The highest BCUT2D eigenvalue weighted by Gasteiger charge is 2.31. The second-order valence-corrected chi connectivity index (χ2v) is 4.87. The average molecular weight is 301 g/mol. The standard InChI is InChI=1S/C14H12ClF3N2/c1-8-3-4-11(5-9(8)2)19-13-7-10(14(16,17)18)6-12(15)20-13/h3-7H,1-2H3,(H,19,20). The minimum absolute atomic E-state index is 0.0630. The fraction of sp³-hybridized carbons (Fsp3) is 0.214. The number of hydrogen-bond acceptors (Lipinski definition) is 2. The summed E-state index contributed by atoms with van der Waals surface area (Å²) in [6, 6.07) is 7.23. The molecule has 1 heterocycles. The van der Waals surface area contributed by atoms with Crippen molar-refractivity contribution >= 4 is 23.1 Å². The molecule has 0 aliphatic rings. The van der Waals surface area contributed by atoms with Crippen LogP contribution in [0.15, 0.2) is 30.3 Å². The molecule has 0 amide bonds. The lowest BCUT2D eigenvalue weighted by atomic mass is 10.1. The van der Waals surface area contributed by atoms with Gasteiger partial charge in [-0.15, -0.1) is 0 Å². The van der Waals surface area contributed by atoms with Gasteiger partial charge in [-0.2, -0.15) is 13.2 Å². The highest BCUT2D eigenvalue weighted by Crippen LogP contribution is 2.32. The number of alkyl halides is 3. The summed E-state index contributed by atoms with van der Waals surface area (Å²) >= 11 is 5.63. The number of halogens is 4. The van der Waals surface area contributed by atoms with Gasteiger partial charge in [-0.25, -0.2) is 4.98 Å². The number of nitrogens with zero attached hydrogens (tertiary/aromatic N) is 1. The van der Waals surface area contributed by atoms with Gasteiger partial charge in [-0.05, 0) is 49.2 Å². The van der Waals surface area contributed by atoms with E-state index in [0.29, 0.717) is 5.69 Å². The van der Waals surface area contributed by atoms with E-state index in [1.54, 1.807) is 6.07 Å². The van der Waals surface area contributed by atoms with Gasteiger partial charge in [0.2, 0.25) is 0 Å². The van der Waals surface area contributed by atoms with E-state index in [1.165, 1.54) is 0 Å². The summed E-state index contributed by atoms with van der Waals surface area (Å²) in [6.07, 6.45) is -4.45. The molecule has 0 unspecified atom stereocenters. The topological polar surface area (TPSA) is 24.9 Å². The monoisotopic (exact) mass is 300 g/mol. The Hall–Kier alpha value is -1.75. The van der Waals surface area contributed by atoms with Crippen molar-refractivity contribution < 1.29 is 13.2 Å². The van der Waals surface area contributed by atoms with Gasteiger partial charge in [-0.1, -0.05) is 17.7 Å². The fourth-order valence-electron chi connectivity index (χ4n) is 1.69. The number of nitrogens with one attached hydrogen (secondary N) is 1. The predicted octanol–water partition coefficient (Wildman–Crippen LogP) is 5.11. The molecular formula is C14H12ClF3N2. The number of anilines is 2. The zero-order valence-electron chi connectivity index (χ0n) is 10.8. The van der Waals surface area contributed by atoms with E-state index >= 15 is 0 Å². The van der Waals surface area contributed by atoms with E-state index in [4.69, 9.17) is 11.6 Å². The molecule has 0 radical (unpaired) electrons. The second kappa shape index (κ2) is 5.32. The Kier molecular flexibility index (Phi) is 3.90. The van der Waals surface area contributed by atoms with E-state index in [9.17, 15) is 13.2 Å². The SMILES string of the molecule is Cc1ccc(Nc2cc(C(F)(F)F)cc(Cl)n2)cc1C. The highest BCUT2D eigenvalue weighted by molar-refractivity contribution is 6.29. The lowest BCUT2D eigenvalue weighted by Crippen LogP contribution is -2.06. The number of pyridine rings is 1. The first-order valence-corrected chi connectivity index (χ1v) is 6.22. The molecule has 0 aliphatic carbocycles. The number of rotatable bonds is 2. The van der Waals surface area contributed by atoms with Crippen LogP contribution in [0.5, 0.6) is 0 Å². The van der Waals surface area contributed by atoms with Gasteiger partial charge >= 0.3 is 6.18 Å². The summed E-state index contributed by atoms with van der Waals surface area (Å²) in [4.78, 5) is 3.85. The van der Waals surface area contributed by atoms with Crippen LogP contribution in [0.4, 0.5) is 24.7 Å². The van der Waals surface area contributed by atoms with Crippen LogP contribution in [0.3, 0.4) is 0 Å². The van der Waals surface area contributed by atoms with Crippen molar-refractivity contribution in [1.82, 2.24) is 4.98 Å². The summed E-state index contributed by atoms with van der Waals surface area (Å²) in [7, 11) is 0. The van der Waals surface area contributed by atoms with Crippen molar-refractivity contribution in [2.24, 2.45) is 0 Å². The van der Waals surface area contributed by atoms with Crippen molar-refractivity contribution in [2.45, 2.75) is 20.0 Å². The second-order valence-electron chi connectivity index (χ2n) is 4.49. The molecule has 6 heteroatoms. The van der Waals surface area contributed by atoms with Crippen LogP contribution in [0, 0.1) is 13.8 Å². The molecule has 1 aromatic carbocycles. The van der Waals surface area contributed by atoms with Gasteiger partial charge < -0.3 is 5.32 Å². The van der Waals surface area contributed by atoms with Crippen LogP contribution in [0.25, 0.3) is 0 Å². The van der Waals surface area contributed by atoms with E-state index in [1.807, 2.05) is 26.0 Å². The smallest absolute Gasteiger partial charge is 0.340 e. The van der Waals surface area contributed by atoms with E-state index in [2.05, 4.69) is 10.3 Å². The minimum atomic E-state index is -4.45. The largest absolute Gasteiger partial charge is 0.416 e. The molecule has 0 aliphatic heterocycles. The number of aryl methyl sites for hydroxylation is 2. The fourth-order valence-corrected chi connectivity index (χ4v) is 1.90. The van der Waals surface area contributed by atoms with E-state index in [-0.39, 0.29) is 11.0 Å².